The van der Waals surface area contributed by atoms with Crippen LogP contribution < -0.4 is 0 Å². The normalized spacial score (nSPS) is 20.5. The first-order valence-electron chi connectivity index (χ1n) is 6.75. The molecule has 0 aliphatic carbocycles. The van der Waals surface area contributed by atoms with E-state index in [-0.39, 0.29) is 6.09 Å². The molecule has 108 valence electrons. The second kappa shape index (κ2) is 5.79. The fourth-order valence-corrected chi connectivity index (χ4v) is 2.37. The topological polar surface area (TPSA) is 73.6 Å². The van der Waals surface area contributed by atoms with E-state index >= 15 is 0 Å². The molecule has 1 aliphatic heterocycles. The largest absolute Gasteiger partial charge is 0.444 e. The lowest BCUT2D eigenvalue weighted by Crippen LogP contribution is -2.45. The fourth-order valence-electron chi connectivity index (χ4n) is 2.37. The summed E-state index contributed by atoms with van der Waals surface area (Å²) < 4.78 is 5.31. The highest BCUT2D eigenvalue weighted by Gasteiger charge is 2.38. The van der Waals surface area contributed by atoms with Gasteiger partial charge in [0.15, 0.2) is 0 Å². The molecule has 0 spiro atoms. The van der Waals surface area contributed by atoms with Gasteiger partial charge in [-0.1, -0.05) is 0 Å². The third kappa shape index (κ3) is 4.71. The minimum atomic E-state index is -0.507. The summed E-state index contributed by atoms with van der Waals surface area (Å²) in [6.45, 7) is 8.22. The third-order valence-electron chi connectivity index (χ3n) is 3.30. The van der Waals surface area contributed by atoms with Gasteiger partial charge >= 0.3 is 6.09 Å². The van der Waals surface area contributed by atoms with Gasteiger partial charge in [0.05, 0.1) is 17.6 Å². The highest BCUT2D eigenvalue weighted by atomic mass is 16.6. The Balaban J connectivity index is 2.57. The molecule has 1 rings (SSSR count). The number of hydrogen-bond donors (Lipinski definition) is 1. The molecule has 1 saturated heterocycles. The predicted octanol–water partition coefficient (Wildman–Crippen LogP) is 2.30. The van der Waals surface area contributed by atoms with Gasteiger partial charge in [0.2, 0.25) is 0 Å². The Bertz CT molecular complexity index is 358. The lowest BCUT2D eigenvalue weighted by Gasteiger charge is -2.38. The Hall–Kier alpha value is -1.28. The minimum absolute atomic E-state index is 0.323. The minimum Gasteiger partial charge on any atom is -0.444 e. The second-order valence-corrected chi connectivity index (χ2v) is 6.41. The van der Waals surface area contributed by atoms with Gasteiger partial charge in [0.25, 0.3) is 0 Å². The van der Waals surface area contributed by atoms with Gasteiger partial charge in [-0.25, -0.2) is 4.79 Å². The first-order valence-corrected chi connectivity index (χ1v) is 6.75. The van der Waals surface area contributed by atoms with Crippen molar-refractivity contribution in [2.75, 3.05) is 13.1 Å². The number of aliphatic hydroxyl groups excluding tert-OH is 1. The third-order valence-corrected chi connectivity index (χ3v) is 3.30. The van der Waals surface area contributed by atoms with Crippen LogP contribution in [-0.4, -0.2) is 40.9 Å². The maximum atomic E-state index is 11.9. The highest BCUT2D eigenvalue weighted by molar-refractivity contribution is 5.68. The van der Waals surface area contributed by atoms with E-state index in [1.807, 2.05) is 20.8 Å². The van der Waals surface area contributed by atoms with Gasteiger partial charge in [0, 0.05) is 13.1 Å². The lowest BCUT2D eigenvalue weighted by atomic mass is 9.76. The molecule has 0 aromatic carbocycles. The van der Waals surface area contributed by atoms with Crippen molar-refractivity contribution in [1.29, 1.82) is 5.26 Å². The SMILES string of the molecule is C[C@@H](O)CC1(C#N)CCN(C(=O)OC(C)(C)C)CC1. The summed E-state index contributed by atoms with van der Waals surface area (Å²) in [6, 6.07) is 2.32. The van der Waals surface area contributed by atoms with Crippen molar-refractivity contribution in [1.82, 2.24) is 4.90 Å². The van der Waals surface area contributed by atoms with Gasteiger partial charge in [-0.15, -0.1) is 0 Å². The maximum absolute atomic E-state index is 11.9. The van der Waals surface area contributed by atoms with Crippen LogP contribution in [0.4, 0.5) is 4.79 Å². The number of nitrogens with zero attached hydrogens (tertiary/aromatic N) is 2. The molecule has 1 atom stereocenters. The van der Waals surface area contributed by atoms with Crippen LogP contribution in [0.1, 0.15) is 47.0 Å². The molecule has 19 heavy (non-hydrogen) atoms. The van der Waals surface area contributed by atoms with Crippen molar-refractivity contribution in [3.8, 4) is 6.07 Å². The summed E-state index contributed by atoms with van der Waals surface area (Å²) in [5.41, 5.74) is -1.01. The van der Waals surface area contributed by atoms with E-state index in [4.69, 9.17) is 4.74 Å². The summed E-state index contributed by atoms with van der Waals surface area (Å²) >= 11 is 0. The number of likely N-dealkylation sites (tertiary alicyclic amines) is 1. The van der Waals surface area contributed by atoms with E-state index in [0.29, 0.717) is 32.4 Å². The van der Waals surface area contributed by atoms with Crippen LogP contribution in [0.25, 0.3) is 0 Å². The predicted molar refractivity (Wildman–Crippen MR) is 71.4 cm³/mol. The Labute approximate surface area is 115 Å². The average Bonchev–Trinajstić information content (AvgIpc) is 2.26. The van der Waals surface area contributed by atoms with Crippen LogP contribution >= 0.6 is 0 Å². The Morgan fingerprint density at radius 2 is 2.00 bits per heavy atom. The van der Waals surface area contributed by atoms with Crippen LogP contribution in [0, 0.1) is 16.7 Å². The van der Waals surface area contributed by atoms with Crippen molar-refractivity contribution in [2.24, 2.45) is 5.41 Å². The lowest BCUT2D eigenvalue weighted by molar-refractivity contribution is 0.0109. The first-order chi connectivity index (χ1) is 8.67. The quantitative estimate of drug-likeness (QED) is 0.834. The van der Waals surface area contributed by atoms with Crippen LogP contribution in [0.5, 0.6) is 0 Å². The van der Waals surface area contributed by atoms with Gasteiger partial charge in [-0.2, -0.15) is 5.26 Å². The van der Waals surface area contributed by atoms with Gasteiger partial charge < -0.3 is 14.7 Å². The average molecular weight is 268 g/mol. The van der Waals surface area contributed by atoms with Crippen LogP contribution in [0.15, 0.2) is 0 Å². The van der Waals surface area contributed by atoms with Crippen molar-refractivity contribution in [2.45, 2.75) is 58.7 Å². The summed E-state index contributed by atoms with van der Waals surface area (Å²) in [5.74, 6) is 0. The molecule has 0 unspecified atom stereocenters. The van der Waals surface area contributed by atoms with Crippen LogP contribution in [0.3, 0.4) is 0 Å². The molecule has 5 heteroatoms. The van der Waals surface area contributed by atoms with Gasteiger partial charge in [-0.05, 0) is 47.0 Å². The number of rotatable bonds is 2. The summed E-state index contributed by atoms with van der Waals surface area (Å²) in [7, 11) is 0. The molecule has 0 radical (unpaired) electrons. The maximum Gasteiger partial charge on any atom is 0.410 e. The summed E-state index contributed by atoms with van der Waals surface area (Å²) in [6.07, 6.45) is 0.830. The number of hydrogen-bond acceptors (Lipinski definition) is 4. The standard InChI is InChI=1S/C14H24N2O3/c1-11(17)9-14(10-15)5-7-16(8-6-14)12(18)19-13(2,3)4/h11,17H,5-9H2,1-4H3/t11-/m1/s1. The molecule has 1 fully saturated rings. The Morgan fingerprint density at radius 1 is 1.47 bits per heavy atom. The highest BCUT2D eigenvalue weighted by Crippen LogP contribution is 2.35. The summed E-state index contributed by atoms with van der Waals surface area (Å²) in [5, 5.41) is 18.8. The first kappa shape index (κ1) is 15.8. The number of carbonyl (C=O) groups excluding carboxylic acids is 1. The molecule has 0 saturated carbocycles. The van der Waals surface area contributed by atoms with Crippen LogP contribution in [-0.2, 0) is 4.74 Å². The van der Waals surface area contributed by atoms with Crippen molar-refractivity contribution >= 4 is 6.09 Å². The monoisotopic (exact) mass is 268 g/mol. The molecule has 1 N–H and O–H groups in total. The van der Waals surface area contributed by atoms with Gasteiger partial charge in [0.1, 0.15) is 5.60 Å². The van der Waals surface area contributed by atoms with Crippen molar-refractivity contribution in [3.05, 3.63) is 0 Å². The number of amides is 1. The zero-order chi connectivity index (χ0) is 14.7. The van der Waals surface area contributed by atoms with E-state index in [1.54, 1.807) is 11.8 Å². The zero-order valence-electron chi connectivity index (χ0n) is 12.3. The smallest absolute Gasteiger partial charge is 0.410 e. The number of nitriles is 1. The Morgan fingerprint density at radius 3 is 2.37 bits per heavy atom. The molecular weight excluding hydrogens is 244 g/mol. The van der Waals surface area contributed by atoms with Crippen molar-refractivity contribution in [3.63, 3.8) is 0 Å². The van der Waals surface area contributed by atoms with Crippen LogP contribution in [0.2, 0.25) is 0 Å². The Kier molecular flexibility index (Phi) is 4.81. The number of carbonyl (C=O) groups is 1. The fraction of sp³-hybridized carbons (Fsp3) is 0.857. The number of piperidine rings is 1. The molecule has 0 aromatic rings. The number of ether oxygens (including phenoxy) is 1. The number of aliphatic hydroxyl groups is 1. The molecule has 1 aliphatic rings. The van der Waals surface area contributed by atoms with E-state index in [1.165, 1.54) is 0 Å². The van der Waals surface area contributed by atoms with Gasteiger partial charge in [-0.3, -0.25) is 0 Å². The van der Waals surface area contributed by atoms with E-state index in [2.05, 4.69) is 6.07 Å². The van der Waals surface area contributed by atoms with E-state index in [0.717, 1.165) is 0 Å². The molecule has 0 bridgehead atoms. The zero-order valence-corrected chi connectivity index (χ0v) is 12.3. The van der Waals surface area contributed by atoms with Crippen molar-refractivity contribution < 1.29 is 14.6 Å². The van der Waals surface area contributed by atoms with E-state index in [9.17, 15) is 15.2 Å². The second-order valence-electron chi connectivity index (χ2n) is 6.41. The molecular formula is C14H24N2O3. The molecule has 1 amide bonds. The summed E-state index contributed by atoms with van der Waals surface area (Å²) in [4.78, 5) is 13.5. The van der Waals surface area contributed by atoms with E-state index < -0.39 is 17.1 Å². The molecule has 5 nitrogen and oxygen atoms in total. The molecule has 0 aromatic heterocycles. The molecule has 1 heterocycles.